The number of β-amino-alcohol motifs (C(OH)–C–C–N with tert-alkyl or cyclic N) is 1. The maximum Gasteiger partial charge on any atom is 0.226 e. The number of amides is 1. The molecule has 0 aliphatic carbocycles. The van der Waals surface area contributed by atoms with E-state index in [1.165, 1.54) is 12.1 Å². The molecule has 2 rings (SSSR count). The Morgan fingerprint density at radius 3 is 3.11 bits per heavy atom. The van der Waals surface area contributed by atoms with Crippen LogP contribution < -0.4 is 4.74 Å². The normalized spacial score (nSPS) is 19.3. The Hall–Kier alpha value is -1.62. The van der Waals surface area contributed by atoms with E-state index in [9.17, 15) is 14.3 Å². The molecule has 1 heterocycles. The zero-order chi connectivity index (χ0) is 13.7. The average Bonchev–Trinajstić information content (AvgIpc) is 2.38. The van der Waals surface area contributed by atoms with E-state index in [1.807, 2.05) is 0 Å². The number of piperidine rings is 1. The van der Waals surface area contributed by atoms with Crippen LogP contribution in [0.2, 0.25) is 0 Å². The summed E-state index contributed by atoms with van der Waals surface area (Å²) in [7, 11) is 0. The monoisotopic (exact) mass is 267 g/mol. The number of likely N-dealkylation sites (tertiary alicyclic amines) is 1. The van der Waals surface area contributed by atoms with Gasteiger partial charge in [-0.05, 0) is 25.0 Å². The van der Waals surface area contributed by atoms with Gasteiger partial charge in [-0.2, -0.15) is 0 Å². The fourth-order valence-electron chi connectivity index (χ4n) is 2.15. The van der Waals surface area contributed by atoms with Gasteiger partial charge in [0.2, 0.25) is 5.91 Å². The Morgan fingerprint density at radius 1 is 1.53 bits per heavy atom. The van der Waals surface area contributed by atoms with E-state index in [2.05, 4.69) is 0 Å². The highest BCUT2D eigenvalue weighted by Crippen LogP contribution is 2.13. The van der Waals surface area contributed by atoms with Crippen molar-refractivity contribution >= 4 is 5.91 Å². The Balaban J connectivity index is 1.74. The summed E-state index contributed by atoms with van der Waals surface area (Å²) in [5, 5.41) is 9.50. The Bertz CT molecular complexity index is 438. The van der Waals surface area contributed by atoms with Crippen molar-refractivity contribution in [2.75, 3.05) is 19.7 Å². The molecule has 0 bridgehead atoms. The average molecular weight is 267 g/mol. The smallest absolute Gasteiger partial charge is 0.226 e. The highest BCUT2D eigenvalue weighted by molar-refractivity contribution is 5.76. The molecule has 1 N–H and O–H groups in total. The van der Waals surface area contributed by atoms with Gasteiger partial charge in [-0.25, -0.2) is 4.39 Å². The van der Waals surface area contributed by atoms with Gasteiger partial charge in [0.05, 0.1) is 19.1 Å². The van der Waals surface area contributed by atoms with Gasteiger partial charge in [-0.1, -0.05) is 6.07 Å². The molecule has 1 aliphatic heterocycles. The number of benzene rings is 1. The molecule has 1 fully saturated rings. The summed E-state index contributed by atoms with van der Waals surface area (Å²) < 4.78 is 18.2. The molecule has 1 atom stereocenters. The minimum atomic E-state index is -0.415. The molecule has 5 heteroatoms. The third-order valence-corrected chi connectivity index (χ3v) is 3.13. The van der Waals surface area contributed by atoms with Crippen LogP contribution in [0, 0.1) is 5.82 Å². The summed E-state index contributed by atoms with van der Waals surface area (Å²) in [5.74, 6) is 0.0320. The molecule has 0 unspecified atom stereocenters. The predicted molar refractivity (Wildman–Crippen MR) is 68.3 cm³/mol. The molecular weight excluding hydrogens is 249 g/mol. The summed E-state index contributed by atoms with van der Waals surface area (Å²) in [6.45, 7) is 1.31. The van der Waals surface area contributed by atoms with Gasteiger partial charge in [-0.3, -0.25) is 4.79 Å². The van der Waals surface area contributed by atoms with Gasteiger partial charge in [0.15, 0.2) is 0 Å². The maximum absolute atomic E-state index is 12.9. The molecule has 0 spiro atoms. The highest BCUT2D eigenvalue weighted by Gasteiger charge is 2.21. The lowest BCUT2D eigenvalue weighted by atomic mass is 10.1. The summed E-state index contributed by atoms with van der Waals surface area (Å²) >= 11 is 0. The fraction of sp³-hybridized carbons (Fsp3) is 0.500. The Labute approximate surface area is 111 Å². The highest BCUT2D eigenvalue weighted by atomic mass is 19.1. The van der Waals surface area contributed by atoms with Crippen molar-refractivity contribution in [1.82, 2.24) is 4.90 Å². The van der Waals surface area contributed by atoms with Crippen LogP contribution in [0.4, 0.5) is 4.39 Å². The summed E-state index contributed by atoms with van der Waals surface area (Å²) in [6.07, 6.45) is 1.41. The van der Waals surface area contributed by atoms with Crippen molar-refractivity contribution in [1.29, 1.82) is 0 Å². The molecule has 1 saturated heterocycles. The van der Waals surface area contributed by atoms with Gasteiger partial charge < -0.3 is 14.7 Å². The van der Waals surface area contributed by atoms with Crippen LogP contribution in [0.1, 0.15) is 19.3 Å². The van der Waals surface area contributed by atoms with Gasteiger partial charge in [-0.15, -0.1) is 0 Å². The molecule has 1 aromatic rings. The molecule has 1 aliphatic rings. The summed E-state index contributed by atoms with van der Waals surface area (Å²) in [5.41, 5.74) is 0. The molecule has 104 valence electrons. The number of aliphatic hydroxyl groups excluding tert-OH is 1. The van der Waals surface area contributed by atoms with Crippen LogP contribution >= 0.6 is 0 Å². The molecular formula is C14H18FNO3. The van der Waals surface area contributed by atoms with Gasteiger partial charge >= 0.3 is 0 Å². The largest absolute Gasteiger partial charge is 0.493 e. The van der Waals surface area contributed by atoms with Crippen molar-refractivity contribution in [3.8, 4) is 5.75 Å². The third kappa shape index (κ3) is 4.21. The molecule has 1 aromatic carbocycles. The zero-order valence-corrected chi connectivity index (χ0v) is 10.7. The van der Waals surface area contributed by atoms with Crippen molar-refractivity contribution in [3.05, 3.63) is 30.1 Å². The van der Waals surface area contributed by atoms with E-state index in [4.69, 9.17) is 4.74 Å². The van der Waals surface area contributed by atoms with Gasteiger partial charge in [0.1, 0.15) is 11.6 Å². The van der Waals surface area contributed by atoms with Gasteiger partial charge in [0, 0.05) is 19.2 Å². The van der Waals surface area contributed by atoms with Crippen molar-refractivity contribution in [3.63, 3.8) is 0 Å². The molecule has 4 nitrogen and oxygen atoms in total. The summed E-state index contributed by atoms with van der Waals surface area (Å²) in [4.78, 5) is 13.5. The van der Waals surface area contributed by atoms with E-state index < -0.39 is 6.10 Å². The van der Waals surface area contributed by atoms with Crippen LogP contribution in [-0.4, -0.2) is 41.7 Å². The number of hydrogen-bond donors (Lipinski definition) is 1. The van der Waals surface area contributed by atoms with Crippen molar-refractivity contribution < 1.29 is 19.0 Å². The lowest BCUT2D eigenvalue weighted by Crippen LogP contribution is -2.42. The van der Waals surface area contributed by atoms with E-state index in [1.54, 1.807) is 17.0 Å². The SMILES string of the molecule is O=C(CCOc1cccc(F)c1)N1CCC[C@H](O)C1. The number of aliphatic hydroxyl groups is 1. The first-order valence-electron chi connectivity index (χ1n) is 6.49. The molecule has 0 aromatic heterocycles. The number of rotatable bonds is 4. The lowest BCUT2D eigenvalue weighted by molar-refractivity contribution is -0.134. The standard InChI is InChI=1S/C14H18FNO3/c15-11-3-1-5-13(9-11)19-8-6-14(18)16-7-2-4-12(17)10-16/h1,3,5,9,12,17H,2,4,6-8,10H2/t12-/m0/s1. The second-order valence-corrected chi connectivity index (χ2v) is 4.69. The second kappa shape index (κ2) is 6.52. The Morgan fingerprint density at radius 2 is 2.37 bits per heavy atom. The molecule has 0 saturated carbocycles. The van der Waals surface area contributed by atoms with E-state index in [-0.39, 0.29) is 24.8 Å². The fourth-order valence-corrected chi connectivity index (χ4v) is 2.15. The van der Waals surface area contributed by atoms with E-state index >= 15 is 0 Å². The number of nitrogens with zero attached hydrogens (tertiary/aromatic N) is 1. The number of ether oxygens (including phenoxy) is 1. The van der Waals surface area contributed by atoms with Crippen LogP contribution in [-0.2, 0) is 4.79 Å². The maximum atomic E-state index is 12.9. The quantitative estimate of drug-likeness (QED) is 0.901. The van der Waals surface area contributed by atoms with Crippen LogP contribution in [0.5, 0.6) is 5.75 Å². The minimum Gasteiger partial charge on any atom is -0.493 e. The molecule has 1 amide bonds. The molecule has 19 heavy (non-hydrogen) atoms. The third-order valence-electron chi connectivity index (χ3n) is 3.13. The van der Waals surface area contributed by atoms with Gasteiger partial charge in [0.25, 0.3) is 0 Å². The lowest BCUT2D eigenvalue weighted by Gasteiger charge is -2.30. The van der Waals surface area contributed by atoms with E-state index in [0.717, 1.165) is 12.8 Å². The zero-order valence-electron chi connectivity index (χ0n) is 10.7. The van der Waals surface area contributed by atoms with Crippen LogP contribution in [0.15, 0.2) is 24.3 Å². The van der Waals surface area contributed by atoms with Crippen LogP contribution in [0.25, 0.3) is 0 Å². The van der Waals surface area contributed by atoms with E-state index in [0.29, 0.717) is 18.8 Å². The van der Waals surface area contributed by atoms with Crippen molar-refractivity contribution in [2.45, 2.75) is 25.4 Å². The predicted octanol–water partition coefficient (Wildman–Crippen LogP) is 1.58. The summed E-state index contributed by atoms with van der Waals surface area (Å²) in [6, 6.07) is 5.84. The molecule has 0 radical (unpaired) electrons. The number of carbonyl (C=O) groups excluding carboxylic acids is 1. The first-order chi connectivity index (χ1) is 9.15. The number of hydrogen-bond acceptors (Lipinski definition) is 3. The topological polar surface area (TPSA) is 49.8 Å². The minimum absolute atomic E-state index is 0.0323. The second-order valence-electron chi connectivity index (χ2n) is 4.69. The van der Waals surface area contributed by atoms with Crippen molar-refractivity contribution in [2.24, 2.45) is 0 Å². The Kier molecular flexibility index (Phi) is 4.74. The first kappa shape index (κ1) is 13.8. The van der Waals surface area contributed by atoms with Crippen LogP contribution in [0.3, 0.4) is 0 Å². The number of halogens is 1. The first-order valence-corrected chi connectivity index (χ1v) is 6.49. The number of carbonyl (C=O) groups is 1.